The molecule has 3 atom stereocenters. The molecule has 1 saturated heterocycles. The molecular formula is C31H46N2O3. The van der Waals surface area contributed by atoms with Crippen LogP contribution in [0.2, 0.25) is 0 Å². The Bertz CT molecular complexity index is 915. The number of carbonyl (C=O) groups excluding carboxylic acids is 3. The van der Waals surface area contributed by atoms with Gasteiger partial charge in [-0.1, -0.05) is 109 Å². The molecule has 3 amide bonds. The second kappa shape index (κ2) is 11.5. The van der Waals surface area contributed by atoms with E-state index in [4.69, 9.17) is 0 Å². The van der Waals surface area contributed by atoms with E-state index in [1.165, 1.54) is 49.8 Å². The van der Waals surface area contributed by atoms with Crippen molar-refractivity contribution < 1.29 is 14.4 Å². The van der Waals surface area contributed by atoms with E-state index >= 15 is 0 Å². The van der Waals surface area contributed by atoms with Crippen LogP contribution >= 0.6 is 0 Å². The number of imide groups is 1. The number of benzene rings is 1. The molecule has 2 aliphatic carbocycles. The first-order valence-electron chi connectivity index (χ1n) is 14.5. The molecule has 4 rings (SSSR count). The van der Waals surface area contributed by atoms with Crippen LogP contribution in [0.3, 0.4) is 0 Å². The summed E-state index contributed by atoms with van der Waals surface area (Å²) in [7, 11) is 0. The van der Waals surface area contributed by atoms with Gasteiger partial charge in [0.2, 0.25) is 17.7 Å². The Labute approximate surface area is 217 Å². The van der Waals surface area contributed by atoms with Gasteiger partial charge in [-0.05, 0) is 36.7 Å². The molecule has 1 N–H and O–H groups in total. The van der Waals surface area contributed by atoms with Gasteiger partial charge in [0.05, 0.1) is 5.41 Å². The summed E-state index contributed by atoms with van der Waals surface area (Å²) >= 11 is 0. The van der Waals surface area contributed by atoms with E-state index in [-0.39, 0.29) is 35.1 Å². The van der Waals surface area contributed by atoms with Gasteiger partial charge in [-0.2, -0.15) is 0 Å². The number of piperidine rings is 1. The van der Waals surface area contributed by atoms with Gasteiger partial charge in [0.15, 0.2) is 0 Å². The van der Waals surface area contributed by atoms with Gasteiger partial charge in [0.1, 0.15) is 6.04 Å². The highest BCUT2D eigenvalue weighted by molar-refractivity contribution is 6.07. The first-order chi connectivity index (χ1) is 17.3. The topological polar surface area (TPSA) is 66.5 Å². The minimum atomic E-state index is -0.801. The predicted octanol–water partition coefficient (Wildman–Crippen LogP) is 6.20. The summed E-state index contributed by atoms with van der Waals surface area (Å²) in [6, 6.07) is 9.12. The van der Waals surface area contributed by atoms with Crippen LogP contribution in [-0.4, -0.2) is 34.7 Å². The van der Waals surface area contributed by atoms with Crippen LogP contribution in [0.4, 0.5) is 0 Å². The zero-order valence-corrected chi connectivity index (χ0v) is 22.7. The Morgan fingerprint density at radius 2 is 1.44 bits per heavy atom. The van der Waals surface area contributed by atoms with Gasteiger partial charge < -0.3 is 5.32 Å². The summed E-state index contributed by atoms with van der Waals surface area (Å²) in [4.78, 5) is 43.0. The van der Waals surface area contributed by atoms with E-state index < -0.39 is 11.5 Å². The number of nitrogens with one attached hydrogen (secondary N) is 1. The summed E-state index contributed by atoms with van der Waals surface area (Å²) in [5, 5.41) is 3.33. The molecule has 5 nitrogen and oxygen atoms in total. The van der Waals surface area contributed by atoms with Crippen molar-refractivity contribution >= 4 is 17.7 Å². The maximum atomic E-state index is 13.9. The standard InChI is InChI=1S/C31H46N2O3/c1-30(2)25-20-21-31(30,3)29(36)33(28(25)35)26(22-23-16-12-11-13-17-23)27(34)32-24-18-14-9-7-5-4-6-8-10-15-19-24/h11-13,16-17,24-26H,4-10,14-15,18-22H2,1-3H3,(H,32,34). The average Bonchev–Trinajstić information content (AvgIpc) is 3.03. The quantitative estimate of drug-likeness (QED) is 0.496. The molecule has 0 aromatic heterocycles. The fourth-order valence-electron chi connectivity index (χ4n) is 6.89. The SMILES string of the molecule is CC12CCC(C(=O)N(C(Cc3ccccc3)C(=O)NC3CCCCCCCCCCC3)C1=O)C2(C)C. The van der Waals surface area contributed by atoms with Crippen molar-refractivity contribution in [3.8, 4) is 0 Å². The first kappa shape index (κ1) is 26.9. The van der Waals surface area contributed by atoms with Crippen molar-refractivity contribution in [1.29, 1.82) is 0 Å². The summed E-state index contributed by atoms with van der Waals surface area (Å²) in [5.41, 5.74) is -0.0355. The third-order valence-corrected chi connectivity index (χ3v) is 9.79. The maximum Gasteiger partial charge on any atom is 0.243 e. The van der Waals surface area contributed by atoms with E-state index in [9.17, 15) is 14.4 Å². The monoisotopic (exact) mass is 494 g/mol. The van der Waals surface area contributed by atoms with Crippen molar-refractivity contribution in [1.82, 2.24) is 10.2 Å². The van der Waals surface area contributed by atoms with Gasteiger partial charge >= 0.3 is 0 Å². The lowest BCUT2D eigenvalue weighted by atomic mass is 9.62. The van der Waals surface area contributed by atoms with Crippen LogP contribution in [0.25, 0.3) is 0 Å². The summed E-state index contributed by atoms with van der Waals surface area (Å²) in [5.74, 6) is -0.705. The molecule has 1 aromatic carbocycles. The Morgan fingerprint density at radius 1 is 0.889 bits per heavy atom. The molecule has 3 fully saturated rings. The number of nitrogens with zero attached hydrogens (tertiary/aromatic N) is 1. The minimum absolute atomic E-state index is 0.106. The van der Waals surface area contributed by atoms with Crippen LogP contribution < -0.4 is 5.32 Å². The molecule has 3 aliphatic rings. The highest BCUT2D eigenvalue weighted by atomic mass is 16.2. The Morgan fingerprint density at radius 3 is 2.03 bits per heavy atom. The molecule has 3 unspecified atom stereocenters. The number of likely N-dealkylation sites (tertiary alicyclic amines) is 1. The zero-order valence-electron chi connectivity index (χ0n) is 22.7. The molecule has 0 spiro atoms. The first-order valence-corrected chi connectivity index (χ1v) is 14.5. The summed E-state index contributed by atoms with van der Waals surface area (Å²) in [6.07, 6.45) is 14.9. The fourth-order valence-corrected chi connectivity index (χ4v) is 6.89. The summed E-state index contributed by atoms with van der Waals surface area (Å²) < 4.78 is 0. The second-order valence-corrected chi connectivity index (χ2v) is 12.3. The molecule has 0 radical (unpaired) electrons. The maximum absolute atomic E-state index is 13.9. The van der Waals surface area contributed by atoms with Gasteiger partial charge in [-0.3, -0.25) is 19.3 Å². The molecule has 36 heavy (non-hydrogen) atoms. The average molecular weight is 495 g/mol. The number of hydrogen-bond acceptors (Lipinski definition) is 3. The molecule has 2 saturated carbocycles. The van der Waals surface area contributed by atoms with E-state index in [1.54, 1.807) is 0 Å². The van der Waals surface area contributed by atoms with E-state index in [1.807, 2.05) is 37.3 Å². The van der Waals surface area contributed by atoms with Crippen molar-refractivity contribution in [3.05, 3.63) is 35.9 Å². The Kier molecular flexibility index (Phi) is 8.57. The number of carbonyl (C=O) groups is 3. The molecule has 2 bridgehead atoms. The number of rotatable bonds is 5. The molecule has 5 heteroatoms. The van der Waals surface area contributed by atoms with Crippen molar-refractivity contribution in [3.63, 3.8) is 0 Å². The second-order valence-electron chi connectivity index (χ2n) is 12.3. The minimum Gasteiger partial charge on any atom is -0.352 e. The van der Waals surface area contributed by atoms with Crippen LogP contribution in [-0.2, 0) is 20.8 Å². The molecule has 198 valence electrons. The molecule has 1 aliphatic heterocycles. The lowest BCUT2D eigenvalue weighted by Gasteiger charge is -2.49. The lowest BCUT2D eigenvalue weighted by molar-refractivity contribution is -0.173. The van der Waals surface area contributed by atoms with Gasteiger partial charge in [-0.25, -0.2) is 0 Å². The van der Waals surface area contributed by atoms with Crippen molar-refractivity contribution in [2.75, 3.05) is 0 Å². The predicted molar refractivity (Wildman–Crippen MR) is 143 cm³/mol. The van der Waals surface area contributed by atoms with E-state index in [2.05, 4.69) is 19.2 Å². The Balaban J connectivity index is 1.57. The van der Waals surface area contributed by atoms with E-state index in [0.29, 0.717) is 19.3 Å². The fraction of sp³-hybridized carbons (Fsp3) is 0.710. The van der Waals surface area contributed by atoms with Gasteiger partial charge in [0.25, 0.3) is 0 Å². The molecular weight excluding hydrogens is 448 g/mol. The molecule has 1 heterocycles. The van der Waals surface area contributed by atoms with Gasteiger partial charge in [0, 0.05) is 18.4 Å². The third kappa shape index (κ3) is 5.40. The van der Waals surface area contributed by atoms with Crippen LogP contribution in [0.1, 0.15) is 110 Å². The van der Waals surface area contributed by atoms with Crippen molar-refractivity contribution in [2.24, 2.45) is 16.7 Å². The Hall–Kier alpha value is -2.17. The normalized spacial score (nSPS) is 28.8. The summed E-state index contributed by atoms with van der Waals surface area (Å²) in [6.45, 7) is 6.10. The molecule has 1 aromatic rings. The highest BCUT2D eigenvalue weighted by Gasteiger charge is 2.65. The van der Waals surface area contributed by atoms with E-state index in [0.717, 1.165) is 31.2 Å². The number of fused-ring (bicyclic) bond motifs is 2. The van der Waals surface area contributed by atoms with Crippen LogP contribution in [0.5, 0.6) is 0 Å². The smallest absolute Gasteiger partial charge is 0.243 e. The van der Waals surface area contributed by atoms with Crippen molar-refractivity contribution in [2.45, 2.75) is 123 Å². The number of hydrogen-bond donors (Lipinski definition) is 1. The van der Waals surface area contributed by atoms with Crippen LogP contribution in [0.15, 0.2) is 30.3 Å². The zero-order chi connectivity index (χ0) is 25.8. The third-order valence-electron chi connectivity index (χ3n) is 9.79. The number of amides is 3. The largest absolute Gasteiger partial charge is 0.352 e. The highest BCUT2D eigenvalue weighted by Crippen LogP contribution is 2.60. The lowest BCUT2D eigenvalue weighted by Crippen LogP contribution is -2.65. The van der Waals surface area contributed by atoms with Gasteiger partial charge in [-0.15, -0.1) is 0 Å². The van der Waals surface area contributed by atoms with Crippen LogP contribution in [0, 0.1) is 16.7 Å².